The molecule has 0 aliphatic rings. The Morgan fingerprint density at radius 1 is 0.630 bits per heavy atom. The quantitative estimate of drug-likeness (QED) is 0.0251. The van der Waals surface area contributed by atoms with Crippen LogP contribution in [0.5, 0.6) is 0 Å². The van der Waals surface area contributed by atoms with E-state index in [9.17, 15) is 19.4 Å². The molecule has 3 atom stereocenters. The third-order valence-corrected chi connectivity index (χ3v) is 9.86. The number of likely N-dealkylation sites (N-methyl/N-ethyl adjacent to an activating group) is 1. The molecule has 0 rings (SSSR count). The fraction of sp³-hybridized carbons (Fsp3) is 0.711. The number of amides is 1. The van der Waals surface area contributed by atoms with Crippen LogP contribution in [0.3, 0.4) is 0 Å². The molecule has 8 nitrogen and oxygen atoms in total. The third kappa shape index (κ3) is 38.2. The van der Waals surface area contributed by atoms with Crippen molar-refractivity contribution in [2.24, 2.45) is 0 Å². The lowest BCUT2D eigenvalue weighted by Crippen LogP contribution is -2.45. The van der Waals surface area contributed by atoms with E-state index in [0.717, 1.165) is 77.0 Å². The maximum Gasteiger partial charge on any atom is 0.472 e. The summed E-state index contributed by atoms with van der Waals surface area (Å²) >= 11 is 0. The molecule has 0 bridgehead atoms. The van der Waals surface area contributed by atoms with Crippen LogP contribution in [0, 0.1) is 0 Å². The van der Waals surface area contributed by atoms with Gasteiger partial charge in [0.1, 0.15) is 13.2 Å². The SMILES string of the molecule is CCCCC/C=C\C/C=C\C/C=C\CCCCCCCCC(=O)NC(COP(=O)(O)OCC[N+](C)(C)C)C(O)/C=C/CC/C=C/CC/C=C/CCCCC. The molecule has 0 aromatic heterocycles. The highest BCUT2D eigenvalue weighted by Gasteiger charge is 2.27. The summed E-state index contributed by atoms with van der Waals surface area (Å²) in [6.45, 7) is 4.68. The number of aliphatic hydroxyl groups is 1. The zero-order valence-corrected chi connectivity index (χ0v) is 36.1. The predicted molar refractivity (Wildman–Crippen MR) is 230 cm³/mol. The zero-order chi connectivity index (χ0) is 40.0. The topological polar surface area (TPSA) is 105 Å². The highest BCUT2D eigenvalue weighted by molar-refractivity contribution is 7.47. The summed E-state index contributed by atoms with van der Waals surface area (Å²) in [5, 5.41) is 13.7. The van der Waals surface area contributed by atoms with Crippen LogP contribution in [-0.4, -0.2) is 73.4 Å². The Kier molecular flexibility index (Phi) is 35.2. The van der Waals surface area contributed by atoms with Crippen LogP contribution < -0.4 is 5.32 Å². The van der Waals surface area contributed by atoms with Crippen molar-refractivity contribution in [3.63, 3.8) is 0 Å². The third-order valence-electron chi connectivity index (χ3n) is 8.88. The Hall–Kier alpha value is -2.06. The van der Waals surface area contributed by atoms with Crippen LogP contribution in [-0.2, 0) is 18.4 Å². The minimum Gasteiger partial charge on any atom is -0.387 e. The van der Waals surface area contributed by atoms with E-state index in [0.29, 0.717) is 17.4 Å². The van der Waals surface area contributed by atoms with Gasteiger partial charge in [-0.2, -0.15) is 0 Å². The first kappa shape index (κ1) is 51.9. The molecule has 0 heterocycles. The summed E-state index contributed by atoms with van der Waals surface area (Å²) in [7, 11) is 1.52. The molecular weight excluding hydrogens is 695 g/mol. The molecule has 0 radical (unpaired) electrons. The summed E-state index contributed by atoms with van der Waals surface area (Å²) in [6, 6.07) is -0.878. The maximum atomic E-state index is 12.8. The van der Waals surface area contributed by atoms with Crippen molar-refractivity contribution in [1.82, 2.24) is 5.32 Å². The van der Waals surface area contributed by atoms with Crippen LogP contribution >= 0.6 is 7.82 Å². The first-order chi connectivity index (χ1) is 26.0. The van der Waals surface area contributed by atoms with Gasteiger partial charge in [-0.1, -0.05) is 138 Å². The number of allylic oxidation sites excluding steroid dienone is 11. The average Bonchev–Trinajstić information content (AvgIpc) is 3.12. The molecule has 0 saturated carbocycles. The molecule has 3 unspecified atom stereocenters. The number of hydrogen-bond donors (Lipinski definition) is 3. The van der Waals surface area contributed by atoms with Gasteiger partial charge in [0.05, 0.1) is 39.9 Å². The number of nitrogens with one attached hydrogen (secondary N) is 1. The van der Waals surface area contributed by atoms with Gasteiger partial charge in [0.15, 0.2) is 0 Å². The lowest BCUT2D eigenvalue weighted by atomic mass is 10.1. The molecule has 0 fully saturated rings. The molecule has 0 aromatic rings. The van der Waals surface area contributed by atoms with E-state index < -0.39 is 20.0 Å². The van der Waals surface area contributed by atoms with Crippen LogP contribution in [0.15, 0.2) is 72.9 Å². The monoisotopic (exact) mass is 778 g/mol. The summed E-state index contributed by atoms with van der Waals surface area (Å²) in [5.41, 5.74) is 0. The van der Waals surface area contributed by atoms with Crippen molar-refractivity contribution >= 4 is 13.7 Å². The lowest BCUT2D eigenvalue weighted by molar-refractivity contribution is -0.870. The van der Waals surface area contributed by atoms with E-state index in [1.807, 2.05) is 27.2 Å². The van der Waals surface area contributed by atoms with Gasteiger partial charge in [-0.05, 0) is 83.5 Å². The van der Waals surface area contributed by atoms with Gasteiger partial charge < -0.3 is 19.8 Å². The smallest absolute Gasteiger partial charge is 0.387 e. The highest BCUT2D eigenvalue weighted by Crippen LogP contribution is 2.43. The van der Waals surface area contributed by atoms with Crippen molar-refractivity contribution in [3.8, 4) is 0 Å². The molecule has 9 heteroatoms. The Bertz CT molecular complexity index is 1110. The van der Waals surface area contributed by atoms with Crippen molar-refractivity contribution in [2.75, 3.05) is 40.9 Å². The van der Waals surface area contributed by atoms with Crippen LogP contribution in [0.4, 0.5) is 0 Å². The Labute approximate surface area is 332 Å². The number of rotatable bonds is 37. The maximum absolute atomic E-state index is 12.8. The summed E-state index contributed by atoms with van der Waals surface area (Å²) in [4.78, 5) is 23.1. The molecule has 0 aliphatic carbocycles. The van der Waals surface area contributed by atoms with Crippen molar-refractivity contribution in [2.45, 2.75) is 167 Å². The molecule has 312 valence electrons. The van der Waals surface area contributed by atoms with E-state index in [-0.39, 0.29) is 19.1 Å². The first-order valence-corrected chi connectivity index (χ1v) is 22.8. The van der Waals surface area contributed by atoms with Crippen LogP contribution in [0.1, 0.15) is 155 Å². The summed E-state index contributed by atoms with van der Waals surface area (Å²) in [6.07, 6.45) is 48.2. The molecule has 3 N–H and O–H groups in total. The van der Waals surface area contributed by atoms with E-state index in [4.69, 9.17) is 9.05 Å². The lowest BCUT2D eigenvalue weighted by Gasteiger charge is -2.25. The summed E-state index contributed by atoms with van der Waals surface area (Å²) in [5.74, 6) is -0.209. The van der Waals surface area contributed by atoms with Crippen molar-refractivity contribution in [3.05, 3.63) is 72.9 Å². The Morgan fingerprint density at radius 3 is 1.61 bits per heavy atom. The van der Waals surface area contributed by atoms with Crippen molar-refractivity contribution < 1.29 is 32.9 Å². The number of unbranched alkanes of at least 4 members (excludes halogenated alkanes) is 14. The van der Waals surface area contributed by atoms with Gasteiger partial charge >= 0.3 is 7.82 Å². The largest absolute Gasteiger partial charge is 0.472 e. The Balaban J connectivity index is 4.53. The Morgan fingerprint density at radius 2 is 1.07 bits per heavy atom. The second kappa shape index (κ2) is 36.6. The average molecular weight is 778 g/mol. The fourth-order valence-corrected chi connectivity index (χ4v) is 6.17. The van der Waals surface area contributed by atoms with Crippen molar-refractivity contribution in [1.29, 1.82) is 0 Å². The molecule has 54 heavy (non-hydrogen) atoms. The van der Waals surface area contributed by atoms with Gasteiger partial charge in [-0.25, -0.2) is 4.57 Å². The van der Waals surface area contributed by atoms with Gasteiger partial charge in [-0.3, -0.25) is 13.8 Å². The molecule has 0 spiro atoms. The number of phosphoric ester groups is 1. The van der Waals surface area contributed by atoms with Crippen LogP contribution in [0.25, 0.3) is 0 Å². The highest BCUT2D eigenvalue weighted by atomic mass is 31.2. The molecule has 0 aromatic carbocycles. The zero-order valence-electron chi connectivity index (χ0n) is 35.2. The number of phosphoric acid groups is 1. The molecular formula is C45H82N2O6P+. The van der Waals surface area contributed by atoms with Gasteiger partial charge in [0.2, 0.25) is 5.91 Å². The normalized spacial score (nSPS) is 15.2. The first-order valence-electron chi connectivity index (χ1n) is 21.3. The van der Waals surface area contributed by atoms with Crippen LogP contribution in [0.2, 0.25) is 0 Å². The number of carbonyl (C=O) groups excluding carboxylic acids is 1. The predicted octanol–water partition coefficient (Wildman–Crippen LogP) is 11.6. The van der Waals surface area contributed by atoms with Gasteiger partial charge in [0, 0.05) is 6.42 Å². The molecule has 0 aliphatic heterocycles. The minimum absolute atomic E-state index is 0.0470. The standard InChI is InChI=1S/C45H81N2O6P/c1-6-8-10-12-14-16-18-20-21-22-23-24-25-27-29-31-33-35-37-39-45(49)46-43(42-53-54(50,51)52-41-40-47(3,4)5)44(48)38-36-34-32-30-28-26-19-17-15-13-11-9-7-2/h14-17,20-21,23-24,28,30,36,38,43-44,48H,6-13,18-19,22,25-27,29,31-35,37,39-42H2,1-5H3,(H-,46,49,50,51)/p+1/b16-14-,17-15+,21-20-,24-23-,30-28+,38-36+. The van der Waals surface area contributed by atoms with E-state index >= 15 is 0 Å². The number of quaternary nitrogens is 1. The van der Waals surface area contributed by atoms with Gasteiger partial charge in [-0.15, -0.1) is 0 Å². The summed E-state index contributed by atoms with van der Waals surface area (Å²) < 4.78 is 23.5. The number of nitrogens with zero attached hydrogens (tertiary/aromatic N) is 1. The number of carbonyl (C=O) groups is 1. The van der Waals surface area contributed by atoms with E-state index in [2.05, 4.69) is 79.9 Å². The minimum atomic E-state index is -4.35. The molecule has 0 saturated heterocycles. The number of hydrogen-bond acceptors (Lipinski definition) is 5. The molecule has 1 amide bonds. The number of aliphatic hydroxyl groups excluding tert-OH is 1. The van der Waals surface area contributed by atoms with Gasteiger partial charge in [0.25, 0.3) is 0 Å². The second-order valence-electron chi connectivity index (χ2n) is 15.3. The van der Waals surface area contributed by atoms with E-state index in [1.165, 1.54) is 57.8 Å². The second-order valence-corrected chi connectivity index (χ2v) is 16.8. The fourth-order valence-electron chi connectivity index (χ4n) is 5.43. The van der Waals surface area contributed by atoms with E-state index in [1.54, 1.807) is 6.08 Å².